The zero-order valence-corrected chi connectivity index (χ0v) is 10.6. The van der Waals surface area contributed by atoms with Crippen LogP contribution in [0.15, 0.2) is 55.3 Å². The molecule has 0 fully saturated rings. The Bertz CT molecular complexity index is 546. The third-order valence-corrected chi connectivity index (χ3v) is 3.20. The van der Waals surface area contributed by atoms with Crippen molar-refractivity contribution in [1.82, 2.24) is 4.57 Å². The van der Waals surface area contributed by atoms with E-state index in [1.807, 2.05) is 6.08 Å². The first-order valence-electron chi connectivity index (χ1n) is 6.09. The van der Waals surface area contributed by atoms with E-state index in [1.54, 1.807) is 0 Å². The standard InChI is InChI=1S/C16H19N/c1-4-6-11-17-12-15(13(3)5-2)14-9-7-8-10-16(14)17/h4-10,12-13H,2,11H2,1,3H3/b6-4+. The van der Waals surface area contributed by atoms with Crippen LogP contribution in [0.4, 0.5) is 0 Å². The van der Waals surface area contributed by atoms with Crippen molar-refractivity contribution in [3.05, 3.63) is 60.8 Å². The highest BCUT2D eigenvalue weighted by molar-refractivity contribution is 5.84. The molecular formula is C16H19N. The second-order valence-corrected chi connectivity index (χ2v) is 4.35. The molecule has 0 radical (unpaired) electrons. The summed E-state index contributed by atoms with van der Waals surface area (Å²) in [6, 6.07) is 8.56. The highest BCUT2D eigenvalue weighted by atomic mass is 14.9. The molecule has 0 spiro atoms. The minimum absolute atomic E-state index is 0.395. The molecule has 1 unspecified atom stereocenters. The summed E-state index contributed by atoms with van der Waals surface area (Å²) in [5.41, 5.74) is 2.66. The van der Waals surface area contributed by atoms with Crippen LogP contribution in [-0.2, 0) is 6.54 Å². The molecular weight excluding hydrogens is 206 g/mol. The van der Waals surface area contributed by atoms with Gasteiger partial charge in [0.15, 0.2) is 0 Å². The van der Waals surface area contributed by atoms with Crippen LogP contribution in [0.2, 0.25) is 0 Å². The van der Waals surface area contributed by atoms with Gasteiger partial charge in [0, 0.05) is 29.6 Å². The molecule has 0 N–H and O–H groups in total. The predicted molar refractivity (Wildman–Crippen MR) is 75.4 cm³/mol. The lowest BCUT2D eigenvalue weighted by Crippen LogP contribution is -1.92. The van der Waals surface area contributed by atoms with Crippen molar-refractivity contribution in [2.45, 2.75) is 26.3 Å². The molecule has 17 heavy (non-hydrogen) atoms. The first-order chi connectivity index (χ1) is 8.27. The molecule has 1 aromatic heterocycles. The summed E-state index contributed by atoms with van der Waals surface area (Å²) < 4.78 is 2.30. The fraction of sp³-hybridized carbons (Fsp3) is 0.250. The molecule has 0 aliphatic carbocycles. The third-order valence-electron chi connectivity index (χ3n) is 3.20. The number of para-hydroxylation sites is 1. The van der Waals surface area contributed by atoms with Gasteiger partial charge in [-0.25, -0.2) is 0 Å². The van der Waals surface area contributed by atoms with Gasteiger partial charge in [-0.3, -0.25) is 0 Å². The number of benzene rings is 1. The van der Waals surface area contributed by atoms with Gasteiger partial charge in [-0.2, -0.15) is 0 Å². The zero-order valence-electron chi connectivity index (χ0n) is 10.6. The van der Waals surface area contributed by atoms with E-state index >= 15 is 0 Å². The molecule has 2 aromatic rings. The summed E-state index contributed by atoms with van der Waals surface area (Å²) in [7, 11) is 0. The summed E-state index contributed by atoms with van der Waals surface area (Å²) in [4.78, 5) is 0. The average molecular weight is 225 g/mol. The average Bonchev–Trinajstić information content (AvgIpc) is 2.74. The normalized spacial score (nSPS) is 13.3. The number of aromatic nitrogens is 1. The van der Waals surface area contributed by atoms with Crippen LogP contribution >= 0.6 is 0 Å². The molecule has 88 valence electrons. The fourth-order valence-electron chi connectivity index (χ4n) is 2.14. The van der Waals surface area contributed by atoms with Crippen LogP contribution in [0.5, 0.6) is 0 Å². The maximum atomic E-state index is 3.89. The first kappa shape index (κ1) is 11.7. The smallest absolute Gasteiger partial charge is 0.0486 e. The Kier molecular flexibility index (Phi) is 3.48. The Labute approximate surface area is 103 Å². The molecule has 2 rings (SSSR count). The Morgan fingerprint density at radius 1 is 1.35 bits per heavy atom. The number of fused-ring (bicyclic) bond motifs is 1. The van der Waals surface area contributed by atoms with Gasteiger partial charge < -0.3 is 4.57 Å². The highest BCUT2D eigenvalue weighted by Crippen LogP contribution is 2.28. The van der Waals surface area contributed by atoms with Crippen molar-refractivity contribution in [3.63, 3.8) is 0 Å². The summed E-state index contributed by atoms with van der Waals surface area (Å²) in [5, 5.41) is 1.34. The highest BCUT2D eigenvalue weighted by Gasteiger charge is 2.10. The fourth-order valence-corrected chi connectivity index (χ4v) is 2.14. The Morgan fingerprint density at radius 3 is 2.82 bits per heavy atom. The van der Waals surface area contributed by atoms with E-state index in [-0.39, 0.29) is 0 Å². The van der Waals surface area contributed by atoms with Crippen LogP contribution in [0, 0.1) is 0 Å². The third kappa shape index (κ3) is 2.19. The second kappa shape index (κ2) is 5.05. The Balaban J connectivity index is 2.57. The molecule has 0 aliphatic heterocycles. The van der Waals surface area contributed by atoms with Crippen molar-refractivity contribution >= 4 is 10.9 Å². The van der Waals surface area contributed by atoms with Crippen molar-refractivity contribution in [1.29, 1.82) is 0 Å². The molecule has 1 atom stereocenters. The van der Waals surface area contributed by atoms with Gasteiger partial charge in [0.25, 0.3) is 0 Å². The van der Waals surface area contributed by atoms with Gasteiger partial charge in [-0.05, 0) is 18.6 Å². The maximum absolute atomic E-state index is 3.89. The van der Waals surface area contributed by atoms with Crippen molar-refractivity contribution in [2.24, 2.45) is 0 Å². The quantitative estimate of drug-likeness (QED) is 0.675. The van der Waals surface area contributed by atoms with E-state index < -0.39 is 0 Å². The van der Waals surface area contributed by atoms with E-state index in [4.69, 9.17) is 0 Å². The van der Waals surface area contributed by atoms with Gasteiger partial charge in [-0.15, -0.1) is 6.58 Å². The molecule has 1 aromatic carbocycles. The zero-order chi connectivity index (χ0) is 12.3. The lowest BCUT2D eigenvalue weighted by molar-refractivity contribution is 0.846. The number of nitrogens with zero attached hydrogens (tertiary/aromatic N) is 1. The van der Waals surface area contributed by atoms with Gasteiger partial charge in [-0.1, -0.05) is 43.4 Å². The monoisotopic (exact) mass is 225 g/mol. The second-order valence-electron chi connectivity index (χ2n) is 4.35. The molecule has 0 amide bonds. The number of rotatable bonds is 4. The first-order valence-corrected chi connectivity index (χ1v) is 6.09. The number of hydrogen-bond donors (Lipinski definition) is 0. The molecule has 0 saturated heterocycles. The van der Waals surface area contributed by atoms with E-state index in [9.17, 15) is 0 Å². The molecule has 0 aliphatic rings. The summed E-state index contributed by atoms with van der Waals surface area (Å²) in [6.07, 6.45) is 8.51. The lowest BCUT2D eigenvalue weighted by atomic mass is 10.0. The van der Waals surface area contributed by atoms with Crippen LogP contribution in [0.3, 0.4) is 0 Å². The minimum atomic E-state index is 0.395. The van der Waals surface area contributed by atoms with E-state index in [0.29, 0.717) is 5.92 Å². The number of allylic oxidation sites excluding steroid dienone is 3. The van der Waals surface area contributed by atoms with Gasteiger partial charge in [0.2, 0.25) is 0 Å². The molecule has 1 heteroatoms. The molecule has 0 bridgehead atoms. The van der Waals surface area contributed by atoms with E-state index in [1.165, 1.54) is 16.5 Å². The Morgan fingerprint density at radius 2 is 2.12 bits per heavy atom. The summed E-state index contributed by atoms with van der Waals surface area (Å²) in [6.45, 7) is 9.07. The number of hydrogen-bond acceptors (Lipinski definition) is 0. The largest absolute Gasteiger partial charge is 0.343 e. The Hall–Kier alpha value is -1.76. The summed E-state index contributed by atoms with van der Waals surface area (Å²) >= 11 is 0. The topological polar surface area (TPSA) is 4.93 Å². The van der Waals surface area contributed by atoms with Gasteiger partial charge in [0.1, 0.15) is 0 Å². The van der Waals surface area contributed by atoms with Crippen LogP contribution in [0.25, 0.3) is 10.9 Å². The predicted octanol–water partition coefficient (Wildman–Crippen LogP) is 4.51. The maximum Gasteiger partial charge on any atom is 0.0486 e. The van der Waals surface area contributed by atoms with Crippen molar-refractivity contribution in [2.75, 3.05) is 0 Å². The molecule has 1 nitrogen and oxygen atoms in total. The molecule has 1 heterocycles. The SMILES string of the molecule is C=CC(C)c1cn(C/C=C/C)c2ccccc12. The molecule has 0 saturated carbocycles. The van der Waals surface area contributed by atoms with Crippen molar-refractivity contribution < 1.29 is 0 Å². The van der Waals surface area contributed by atoms with E-state index in [0.717, 1.165) is 6.54 Å². The minimum Gasteiger partial charge on any atom is -0.343 e. The van der Waals surface area contributed by atoms with Gasteiger partial charge >= 0.3 is 0 Å². The van der Waals surface area contributed by atoms with Crippen LogP contribution in [-0.4, -0.2) is 4.57 Å². The van der Waals surface area contributed by atoms with Gasteiger partial charge in [0.05, 0.1) is 0 Å². The van der Waals surface area contributed by atoms with E-state index in [2.05, 4.69) is 67.6 Å². The van der Waals surface area contributed by atoms with Crippen molar-refractivity contribution in [3.8, 4) is 0 Å². The lowest BCUT2D eigenvalue weighted by Gasteiger charge is -2.02. The van der Waals surface area contributed by atoms with Crippen LogP contribution < -0.4 is 0 Å². The van der Waals surface area contributed by atoms with Crippen LogP contribution in [0.1, 0.15) is 25.3 Å². The summed E-state index contributed by atoms with van der Waals surface area (Å²) in [5.74, 6) is 0.395.